The Hall–Kier alpha value is -2.67. The molecule has 1 N–H and O–H groups in total. The number of thiophene rings is 1. The molecule has 0 saturated heterocycles. The van der Waals surface area contributed by atoms with E-state index in [1.807, 2.05) is 44.2 Å². The highest BCUT2D eigenvalue weighted by atomic mass is 32.2. The van der Waals surface area contributed by atoms with Crippen LogP contribution in [0.25, 0.3) is 20.9 Å². The molecule has 4 aromatic rings. The van der Waals surface area contributed by atoms with Crippen molar-refractivity contribution < 1.29 is 9.84 Å². The third kappa shape index (κ3) is 5.15. The molecule has 0 aliphatic carbocycles. The van der Waals surface area contributed by atoms with Crippen molar-refractivity contribution in [3.05, 3.63) is 83.2 Å². The maximum Gasteiger partial charge on any atom is 0.188 e. The topological polar surface area (TPSA) is 55.2 Å². The Labute approximate surface area is 191 Å². The Morgan fingerprint density at radius 2 is 1.55 bits per heavy atom. The molecule has 0 amide bonds. The van der Waals surface area contributed by atoms with Crippen LogP contribution in [-0.2, 0) is 12.4 Å². The van der Waals surface area contributed by atoms with Crippen molar-refractivity contribution in [2.24, 2.45) is 0 Å². The first-order chi connectivity index (χ1) is 15.1. The summed E-state index contributed by atoms with van der Waals surface area (Å²) in [5.41, 5.74) is 6.45. The zero-order valence-corrected chi connectivity index (χ0v) is 19.4. The maximum atomic E-state index is 9.38. The molecule has 0 aliphatic rings. The number of aryl methyl sites for hydroxylation is 2. The molecule has 2 aromatic heterocycles. The number of rotatable bonds is 7. The number of aliphatic hydroxyl groups is 1. The summed E-state index contributed by atoms with van der Waals surface area (Å²) in [7, 11) is 1.68. The second-order valence-electron chi connectivity index (χ2n) is 7.27. The second kappa shape index (κ2) is 9.64. The summed E-state index contributed by atoms with van der Waals surface area (Å²) in [6.45, 7) is 4.05. The minimum absolute atomic E-state index is 0.0502. The van der Waals surface area contributed by atoms with E-state index >= 15 is 0 Å². The van der Waals surface area contributed by atoms with Crippen molar-refractivity contribution in [3.63, 3.8) is 0 Å². The maximum absolute atomic E-state index is 9.38. The van der Waals surface area contributed by atoms with E-state index in [0.29, 0.717) is 0 Å². The van der Waals surface area contributed by atoms with E-state index < -0.39 is 0 Å². The molecule has 6 heteroatoms. The van der Waals surface area contributed by atoms with E-state index in [9.17, 15) is 5.11 Å². The van der Waals surface area contributed by atoms with Gasteiger partial charge in [0, 0.05) is 26.9 Å². The van der Waals surface area contributed by atoms with Gasteiger partial charge < -0.3 is 9.84 Å². The fraction of sp³-hybridized carbons (Fsp3) is 0.200. The first-order valence-corrected chi connectivity index (χ1v) is 11.8. The molecule has 0 atom stereocenters. The number of benzene rings is 2. The van der Waals surface area contributed by atoms with Crippen LogP contribution < -0.4 is 4.74 Å². The normalized spacial score (nSPS) is 11.0. The first kappa shape index (κ1) is 21.6. The minimum atomic E-state index is 0.0502. The molecular formula is C25H24N2O2S2. The number of hydrogen-bond acceptors (Lipinski definition) is 6. The lowest BCUT2D eigenvalue weighted by Crippen LogP contribution is -1.93. The lowest BCUT2D eigenvalue weighted by Gasteiger charge is -2.06. The fourth-order valence-corrected chi connectivity index (χ4v) is 5.55. The molecule has 0 aliphatic heterocycles. The van der Waals surface area contributed by atoms with Crippen LogP contribution >= 0.6 is 23.1 Å². The molecule has 0 bridgehead atoms. The number of methoxy groups -OCH3 is 1. The van der Waals surface area contributed by atoms with E-state index in [4.69, 9.17) is 4.74 Å². The van der Waals surface area contributed by atoms with Crippen molar-refractivity contribution in [1.29, 1.82) is 0 Å². The van der Waals surface area contributed by atoms with Crippen LogP contribution in [-0.4, -0.2) is 22.2 Å². The average Bonchev–Trinajstić information content (AvgIpc) is 3.21. The quantitative estimate of drug-likeness (QED) is 0.266. The molecule has 0 saturated carbocycles. The number of aliphatic hydroxyl groups excluding tert-OH is 1. The second-order valence-corrected chi connectivity index (χ2v) is 9.27. The summed E-state index contributed by atoms with van der Waals surface area (Å²) in [5.74, 6) is 1.63. The standard InChI is InChI=1S/C25H24N2O2S2/c1-16-12-17(2)27-25(26-16)30-15-21-13-23(19-8-10-22(29-3)11-9-19)31-24(21)20-6-4-18(14-28)5-7-20/h4-13,28H,14-15H2,1-3H3. The van der Waals surface area contributed by atoms with Crippen LogP contribution in [0.5, 0.6) is 5.75 Å². The van der Waals surface area contributed by atoms with Gasteiger partial charge in [-0.25, -0.2) is 9.97 Å². The van der Waals surface area contributed by atoms with E-state index in [0.717, 1.165) is 44.7 Å². The molecule has 0 fully saturated rings. The average molecular weight is 449 g/mol. The molecule has 4 nitrogen and oxygen atoms in total. The number of thioether (sulfide) groups is 1. The lowest BCUT2D eigenvalue weighted by atomic mass is 10.1. The third-order valence-corrected chi connectivity index (χ3v) is 7.07. The molecule has 158 valence electrons. The van der Waals surface area contributed by atoms with Gasteiger partial charge >= 0.3 is 0 Å². The minimum Gasteiger partial charge on any atom is -0.497 e. The molecule has 0 radical (unpaired) electrons. The van der Waals surface area contributed by atoms with E-state index in [1.54, 1.807) is 30.2 Å². The zero-order valence-electron chi connectivity index (χ0n) is 17.8. The number of aromatic nitrogens is 2. The lowest BCUT2D eigenvalue weighted by molar-refractivity contribution is 0.282. The third-order valence-electron chi connectivity index (χ3n) is 4.90. The van der Waals surface area contributed by atoms with Crippen LogP contribution in [0.1, 0.15) is 22.5 Å². The van der Waals surface area contributed by atoms with Crippen LogP contribution in [0, 0.1) is 13.8 Å². The first-order valence-electron chi connectivity index (χ1n) is 9.98. The van der Waals surface area contributed by atoms with Gasteiger partial charge in [0.15, 0.2) is 5.16 Å². The van der Waals surface area contributed by atoms with Gasteiger partial charge in [-0.05, 0) is 72.5 Å². The van der Waals surface area contributed by atoms with Gasteiger partial charge in [0.05, 0.1) is 13.7 Å². The fourth-order valence-electron chi connectivity index (χ4n) is 3.34. The van der Waals surface area contributed by atoms with Crippen molar-refractivity contribution >= 4 is 23.1 Å². The Balaban J connectivity index is 1.68. The summed E-state index contributed by atoms with van der Waals surface area (Å²) < 4.78 is 5.30. The molecule has 4 rings (SSSR count). The largest absolute Gasteiger partial charge is 0.497 e. The van der Waals surface area contributed by atoms with Crippen molar-refractivity contribution in [1.82, 2.24) is 9.97 Å². The van der Waals surface area contributed by atoms with Crippen LogP contribution in [0.15, 0.2) is 65.8 Å². The van der Waals surface area contributed by atoms with Crippen LogP contribution in [0.3, 0.4) is 0 Å². The highest BCUT2D eigenvalue weighted by molar-refractivity contribution is 7.98. The van der Waals surface area contributed by atoms with E-state index in [1.165, 1.54) is 15.3 Å². The monoisotopic (exact) mass is 448 g/mol. The Morgan fingerprint density at radius 3 is 2.16 bits per heavy atom. The highest BCUT2D eigenvalue weighted by Gasteiger charge is 2.14. The van der Waals surface area contributed by atoms with E-state index in [2.05, 4.69) is 40.3 Å². The molecule has 31 heavy (non-hydrogen) atoms. The van der Waals surface area contributed by atoms with Gasteiger partial charge in [-0.3, -0.25) is 0 Å². The number of nitrogens with zero attached hydrogens (tertiary/aromatic N) is 2. The smallest absolute Gasteiger partial charge is 0.188 e. The summed E-state index contributed by atoms with van der Waals surface area (Å²) >= 11 is 3.43. The summed E-state index contributed by atoms with van der Waals surface area (Å²) in [5, 5.41) is 10.2. The molecule has 2 heterocycles. The van der Waals surface area contributed by atoms with Crippen molar-refractivity contribution in [3.8, 4) is 26.6 Å². The molecule has 0 unspecified atom stereocenters. The predicted octanol–water partition coefficient (Wildman–Crippen LogP) is 6.28. The van der Waals surface area contributed by atoms with Crippen molar-refractivity contribution in [2.75, 3.05) is 7.11 Å². The molecule has 0 spiro atoms. The molecule has 2 aromatic carbocycles. The summed E-state index contributed by atoms with van der Waals surface area (Å²) in [4.78, 5) is 11.6. The summed E-state index contributed by atoms with van der Waals surface area (Å²) in [6, 6.07) is 20.5. The SMILES string of the molecule is COc1ccc(-c2cc(CSc3nc(C)cc(C)n3)c(-c3ccc(CO)cc3)s2)cc1. The van der Waals surface area contributed by atoms with E-state index in [-0.39, 0.29) is 6.61 Å². The highest BCUT2D eigenvalue weighted by Crippen LogP contribution is 2.41. The van der Waals surface area contributed by atoms with Gasteiger partial charge in [0.25, 0.3) is 0 Å². The van der Waals surface area contributed by atoms with Gasteiger partial charge in [0.1, 0.15) is 5.75 Å². The Morgan fingerprint density at radius 1 is 0.903 bits per heavy atom. The molecular weight excluding hydrogens is 424 g/mol. The van der Waals surface area contributed by atoms with Crippen LogP contribution in [0.2, 0.25) is 0 Å². The predicted molar refractivity (Wildman–Crippen MR) is 129 cm³/mol. The zero-order chi connectivity index (χ0) is 21.8. The summed E-state index contributed by atoms with van der Waals surface area (Å²) in [6.07, 6.45) is 0. The Kier molecular flexibility index (Phi) is 6.70. The van der Waals surface area contributed by atoms with Gasteiger partial charge in [-0.2, -0.15) is 0 Å². The van der Waals surface area contributed by atoms with Crippen LogP contribution in [0.4, 0.5) is 0 Å². The number of ether oxygens (including phenoxy) is 1. The van der Waals surface area contributed by atoms with Gasteiger partial charge in [-0.1, -0.05) is 36.0 Å². The van der Waals surface area contributed by atoms with Crippen molar-refractivity contribution in [2.45, 2.75) is 31.4 Å². The number of hydrogen-bond donors (Lipinski definition) is 1. The Bertz CT molecular complexity index is 1150. The van der Waals surface area contributed by atoms with Gasteiger partial charge in [0.2, 0.25) is 0 Å². The van der Waals surface area contributed by atoms with Gasteiger partial charge in [-0.15, -0.1) is 11.3 Å².